The third-order valence-electron chi connectivity index (χ3n) is 2.43. The van der Waals surface area contributed by atoms with Gasteiger partial charge in [0.25, 0.3) is 0 Å². The third-order valence-corrected chi connectivity index (χ3v) is 8.24. The topological polar surface area (TPSA) is 9.23 Å². The first kappa shape index (κ1) is 8.27. The minimum Gasteiger partial charge on any atom is -0.367 e. The molecule has 2 aliphatic heterocycles. The number of ether oxygens (including phenoxy) is 1. The number of thiol groups is 1. The Hall–Kier alpha value is 0.660. The quantitative estimate of drug-likeness (QED) is 0.531. The van der Waals surface area contributed by atoms with Crippen molar-refractivity contribution in [2.24, 2.45) is 5.41 Å². The van der Waals surface area contributed by atoms with E-state index in [9.17, 15) is 0 Å². The average molecular weight is 192 g/mol. The van der Waals surface area contributed by atoms with Crippen LogP contribution in [0.1, 0.15) is 20.3 Å². The van der Waals surface area contributed by atoms with Crippen LogP contribution >= 0.6 is 20.7 Å². The molecular formula is C8H16OS2. The maximum atomic E-state index is 5.63. The van der Waals surface area contributed by atoms with E-state index < -0.39 is 0 Å². The van der Waals surface area contributed by atoms with Gasteiger partial charge in [0, 0.05) is 11.2 Å². The van der Waals surface area contributed by atoms with Gasteiger partial charge in [-0.1, -0.05) is 13.8 Å². The van der Waals surface area contributed by atoms with Crippen LogP contribution in [-0.2, 0) is 4.74 Å². The summed E-state index contributed by atoms with van der Waals surface area (Å²) in [7, 11) is 2.37. The molecule has 0 aromatic rings. The fourth-order valence-corrected chi connectivity index (χ4v) is 8.22. The molecule has 0 aliphatic carbocycles. The van der Waals surface area contributed by atoms with E-state index in [-0.39, 0.29) is 9.93 Å². The molecule has 1 nitrogen and oxygen atoms in total. The summed E-state index contributed by atoms with van der Waals surface area (Å²) in [5.41, 5.74) is 1.23. The van der Waals surface area contributed by atoms with Crippen LogP contribution in [0, 0.1) is 5.41 Å². The molecule has 0 amide bonds. The first-order valence-electron chi connectivity index (χ1n) is 4.27. The minimum atomic E-state index is 0.187. The van der Waals surface area contributed by atoms with Gasteiger partial charge in [0.05, 0.1) is 6.61 Å². The van der Waals surface area contributed by atoms with Crippen LogP contribution in [0.2, 0.25) is 0 Å². The summed E-state index contributed by atoms with van der Waals surface area (Å²) in [5.74, 6) is 2.75. The van der Waals surface area contributed by atoms with Gasteiger partial charge in [-0.2, -0.15) is 9.93 Å². The van der Waals surface area contributed by atoms with Crippen LogP contribution in [0.5, 0.6) is 0 Å². The number of rotatable bonds is 2. The van der Waals surface area contributed by atoms with Gasteiger partial charge in [-0.25, -0.2) is 0 Å². The zero-order chi connectivity index (χ0) is 7.90. The maximum Gasteiger partial charge on any atom is 0.102 e. The van der Waals surface area contributed by atoms with Crippen LogP contribution in [0.3, 0.4) is 0 Å². The summed E-state index contributed by atoms with van der Waals surface area (Å²) in [5, 5.41) is 0. The van der Waals surface area contributed by atoms with Gasteiger partial charge in [-0.15, -0.1) is 10.8 Å². The molecule has 3 atom stereocenters. The SMILES string of the molecule is CCC[SH]1SCC2(C)COC12. The van der Waals surface area contributed by atoms with E-state index in [2.05, 4.69) is 24.6 Å². The second-order valence-electron chi connectivity index (χ2n) is 3.73. The zero-order valence-electron chi connectivity index (χ0n) is 7.17. The first-order valence-corrected chi connectivity index (χ1v) is 7.46. The van der Waals surface area contributed by atoms with Gasteiger partial charge >= 0.3 is 0 Å². The lowest BCUT2D eigenvalue weighted by Crippen LogP contribution is -2.47. The van der Waals surface area contributed by atoms with Crippen molar-refractivity contribution in [3.8, 4) is 0 Å². The van der Waals surface area contributed by atoms with Crippen LogP contribution in [-0.4, -0.2) is 23.5 Å². The lowest BCUT2D eigenvalue weighted by molar-refractivity contribution is -0.109. The van der Waals surface area contributed by atoms with Crippen LogP contribution < -0.4 is 0 Å². The molecule has 0 N–H and O–H groups in total. The largest absolute Gasteiger partial charge is 0.367 e. The van der Waals surface area contributed by atoms with Gasteiger partial charge in [0.1, 0.15) is 5.44 Å². The van der Waals surface area contributed by atoms with Crippen LogP contribution in [0.25, 0.3) is 0 Å². The van der Waals surface area contributed by atoms with Crippen molar-refractivity contribution in [2.75, 3.05) is 18.1 Å². The highest BCUT2D eigenvalue weighted by Crippen LogP contribution is 2.65. The normalized spacial score (nSPS) is 51.8. The van der Waals surface area contributed by atoms with Gasteiger partial charge in [-0.05, 0) is 12.2 Å². The Morgan fingerprint density at radius 3 is 3.00 bits per heavy atom. The second-order valence-corrected chi connectivity index (χ2v) is 8.21. The van der Waals surface area contributed by atoms with Crippen LogP contribution in [0.4, 0.5) is 0 Å². The maximum absolute atomic E-state index is 5.63. The van der Waals surface area contributed by atoms with E-state index in [1.807, 2.05) is 0 Å². The molecule has 0 radical (unpaired) electrons. The first-order chi connectivity index (χ1) is 5.26. The molecule has 3 unspecified atom stereocenters. The van der Waals surface area contributed by atoms with E-state index >= 15 is 0 Å². The molecule has 0 saturated carbocycles. The summed E-state index contributed by atoms with van der Waals surface area (Å²) in [6.07, 6.45) is 1.33. The fraction of sp³-hybridized carbons (Fsp3) is 1.00. The van der Waals surface area contributed by atoms with E-state index in [1.165, 1.54) is 17.9 Å². The Bertz CT molecular complexity index is 162. The van der Waals surface area contributed by atoms with E-state index in [1.54, 1.807) is 0 Å². The molecule has 0 aromatic heterocycles. The predicted molar refractivity (Wildman–Crippen MR) is 54.4 cm³/mol. The smallest absolute Gasteiger partial charge is 0.102 e. The monoisotopic (exact) mass is 192 g/mol. The summed E-state index contributed by atoms with van der Waals surface area (Å²) in [4.78, 5) is 0. The predicted octanol–water partition coefficient (Wildman–Crippen LogP) is 2.42. The Kier molecular flexibility index (Phi) is 2.15. The lowest BCUT2D eigenvalue weighted by atomic mass is 9.91. The zero-order valence-corrected chi connectivity index (χ0v) is 8.88. The molecule has 0 aromatic carbocycles. The molecule has 0 bridgehead atoms. The van der Waals surface area contributed by atoms with Gasteiger partial charge in [0.2, 0.25) is 0 Å². The van der Waals surface area contributed by atoms with Gasteiger partial charge < -0.3 is 4.74 Å². The number of hydrogen-bond donors (Lipinski definition) is 1. The Morgan fingerprint density at radius 2 is 2.55 bits per heavy atom. The molecule has 2 aliphatic rings. The Labute approximate surface area is 75.0 Å². The van der Waals surface area contributed by atoms with E-state index in [4.69, 9.17) is 4.74 Å². The number of hydrogen-bond acceptors (Lipinski definition) is 2. The molecule has 2 fully saturated rings. The Balaban J connectivity index is 1.96. The molecule has 11 heavy (non-hydrogen) atoms. The summed E-state index contributed by atoms with van der Waals surface area (Å²) >= 11 is 0. The van der Waals surface area contributed by atoms with Crippen molar-refractivity contribution >= 4 is 20.7 Å². The fourth-order valence-electron chi connectivity index (χ4n) is 1.69. The van der Waals surface area contributed by atoms with Crippen molar-refractivity contribution in [1.29, 1.82) is 0 Å². The highest BCUT2D eigenvalue weighted by Gasteiger charge is 2.52. The molecule has 3 heteroatoms. The van der Waals surface area contributed by atoms with Crippen molar-refractivity contribution < 1.29 is 4.74 Å². The van der Waals surface area contributed by atoms with Crippen molar-refractivity contribution in [2.45, 2.75) is 25.7 Å². The Morgan fingerprint density at radius 1 is 1.73 bits per heavy atom. The molecule has 0 spiro atoms. The highest BCUT2D eigenvalue weighted by molar-refractivity contribution is 8.85. The van der Waals surface area contributed by atoms with Crippen molar-refractivity contribution in [3.63, 3.8) is 0 Å². The standard InChI is InChI=1S/C8H16OS2/c1-3-4-11-7-8(2,5-9-7)6-10-11/h7,11H,3-6H2,1-2H3. The van der Waals surface area contributed by atoms with Gasteiger partial charge in [0.15, 0.2) is 0 Å². The molecule has 66 valence electrons. The number of fused-ring (bicyclic) bond motifs is 1. The van der Waals surface area contributed by atoms with Crippen molar-refractivity contribution in [3.05, 3.63) is 0 Å². The van der Waals surface area contributed by atoms with Crippen LogP contribution in [0.15, 0.2) is 0 Å². The molecule has 2 rings (SSSR count). The van der Waals surface area contributed by atoms with E-state index in [0.717, 1.165) is 6.61 Å². The van der Waals surface area contributed by atoms with Crippen molar-refractivity contribution in [1.82, 2.24) is 0 Å². The van der Waals surface area contributed by atoms with Gasteiger partial charge in [-0.3, -0.25) is 0 Å². The molecular weight excluding hydrogens is 176 g/mol. The molecule has 2 heterocycles. The minimum absolute atomic E-state index is 0.187. The highest BCUT2D eigenvalue weighted by atomic mass is 33.1. The second kappa shape index (κ2) is 2.86. The summed E-state index contributed by atoms with van der Waals surface area (Å²) < 4.78 is 5.63. The summed E-state index contributed by atoms with van der Waals surface area (Å²) in [6, 6.07) is 0. The lowest BCUT2D eigenvalue weighted by Gasteiger charge is -2.43. The third kappa shape index (κ3) is 1.21. The van der Waals surface area contributed by atoms with E-state index in [0.29, 0.717) is 10.9 Å². The average Bonchev–Trinajstić information content (AvgIpc) is 2.15. The molecule has 2 saturated heterocycles. The summed E-state index contributed by atoms with van der Waals surface area (Å²) in [6.45, 7) is 5.68.